The Morgan fingerprint density at radius 2 is 2.24 bits per heavy atom. The molecule has 1 aliphatic rings. The SMILES string of the molecule is CCN1CCCC(C(C)Nc2cccc(S(N)(=O)=O)c2)C1. The smallest absolute Gasteiger partial charge is 0.238 e. The van der Waals surface area contributed by atoms with Crippen molar-refractivity contribution in [1.82, 2.24) is 4.90 Å². The number of nitrogens with zero attached hydrogens (tertiary/aromatic N) is 1. The number of anilines is 1. The number of hydrogen-bond donors (Lipinski definition) is 2. The molecule has 0 spiro atoms. The van der Waals surface area contributed by atoms with E-state index in [0.29, 0.717) is 12.0 Å². The van der Waals surface area contributed by atoms with Crippen LogP contribution >= 0.6 is 0 Å². The van der Waals surface area contributed by atoms with Gasteiger partial charge in [-0.1, -0.05) is 13.0 Å². The molecule has 0 aliphatic carbocycles. The summed E-state index contributed by atoms with van der Waals surface area (Å²) in [4.78, 5) is 2.62. The topological polar surface area (TPSA) is 75.4 Å². The van der Waals surface area contributed by atoms with Crippen LogP contribution in [0.2, 0.25) is 0 Å². The van der Waals surface area contributed by atoms with Gasteiger partial charge in [0.1, 0.15) is 0 Å². The Bertz CT molecular complexity index is 574. The number of nitrogens with one attached hydrogen (secondary N) is 1. The van der Waals surface area contributed by atoms with Crippen LogP contribution in [0.1, 0.15) is 26.7 Å². The Balaban J connectivity index is 2.04. The first-order valence-electron chi connectivity index (χ1n) is 7.52. The van der Waals surface area contributed by atoms with Crippen LogP contribution in [0, 0.1) is 5.92 Å². The van der Waals surface area contributed by atoms with Gasteiger partial charge in [0, 0.05) is 18.3 Å². The van der Waals surface area contributed by atoms with E-state index in [4.69, 9.17) is 5.14 Å². The van der Waals surface area contributed by atoms with Crippen molar-refractivity contribution in [2.75, 3.05) is 25.0 Å². The van der Waals surface area contributed by atoms with Gasteiger partial charge in [-0.15, -0.1) is 0 Å². The van der Waals surface area contributed by atoms with Crippen LogP contribution in [-0.4, -0.2) is 39.0 Å². The molecule has 1 aromatic carbocycles. The fourth-order valence-corrected chi connectivity index (χ4v) is 3.49. The molecule has 21 heavy (non-hydrogen) atoms. The second kappa shape index (κ2) is 6.77. The van der Waals surface area contributed by atoms with Gasteiger partial charge >= 0.3 is 0 Å². The summed E-state index contributed by atoms with van der Waals surface area (Å²) in [5, 5.41) is 8.60. The molecule has 2 rings (SSSR count). The third-order valence-corrected chi connectivity index (χ3v) is 5.16. The summed E-state index contributed by atoms with van der Waals surface area (Å²) in [7, 11) is -3.65. The largest absolute Gasteiger partial charge is 0.382 e. The zero-order valence-electron chi connectivity index (χ0n) is 12.7. The van der Waals surface area contributed by atoms with Crippen LogP contribution in [0.4, 0.5) is 5.69 Å². The van der Waals surface area contributed by atoms with Crippen molar-refractivity contribution in [3.05, 3.63) is 24.3 Å². The van der Waals surface area contributed by atoms with Gasteiger partial charge < -0.3 is 10.2 Å². The lowest BCUT2D eigenvalue weighted by Crippen LogP contribution is -2.41. The van der Waals surface area contributed by atoms with Crippen molar-refractivity contribution >= 4 is 15.7 Å². The molecular formula is C15H25N3O2S. The fraction of sp³-hybridized carbons (Fsp3) is 0.600. The fourth-order valence-electron chi connectivity index (χ4n) is 2.93. The predicted molar refractivity (Wildman–Crippen MR) is 85.7 cm³/mol. The summed E-state index contributed by atoms with van der Waals surface area (Å²) in [6, 6.07) is 7.02. The van der Waals surface area contributed by atoms with Gasteiger partial charge in [-0.05, 0) is 57.0 Å². The summed E-state index contributed by atoms with van der Waals surface area (Å²) in [6.45, 7) is 7.72. The average Bonchev–Trinajstić information content (AvgIpc) is 2.46. The molecule has 5 nitrogen and oxygen atoms in total. The van der Waals surface area contributed by atoms with E-state index in [1.54, 1.807) is 12.1 Å². The van der Waals surface area contributed by atoms with Gasteiger partial charge in [-0.2, -0.15) is 0 Å². The highest BCUT2D eigenvalue weighted by Crippen LogP contribution is 2.23. The number of likely N-dealkylation sites (tertiary alicyclic amines) is 1. The van der Waals surface area contributed by atoms with Crippen LogP contribution in [0.5, 0.6) is 0 Å². The van der Waals surface area contributed by atoms with Crippen LogP contribution < -0.4 is 10.5 Å². The number of piperidine rings is 1. The van der Waals surface area contributed by atoms with Crippen molar-refractivity contribution in [3.8, 4) is 0 Å². The number of primary sulfonamides is 1. The Kier molecular flexibility index (Phi) is 5.24. The van der Waals surface area contributed by atoms with E-state index in [9.17, 15) is 8.42 Å². The normalized spacial score (nSPS) is 22.0. The number of benzene rings is 1. The molecule has 3 N–H and O–H groups in total. The minimum atomic E-state index is -3.65. The van der Waals surface area contributed by atoms with Crippen LogP contribution in [0.25, 0.3) is 0 Å². The maximum Gasteiger partial charge on any atom is 0.238 e. The molecule has 0 amide bonds. The number of hydrogen-bond acceptors (Lipinski definition) is 4. The van der Waals surface area contributed by atoms with Gasteiger partial charge in [-0.3, -0.25) is 0 Å². The number of sulfonamides is 1. The van der Waals surface area contributed by atoms with E-state index in [0.717, 1.165) is 18.8 Å². The van der Waals surface area contributed by atoms with Gasteiger partial charge in [-0.25, -0.2) is 13.6 Å². The van der Waals surface area contributed by atoms with Gasteiger partial charge in [0.05, 0.1) is 4.90 Å². The summed E-state index contributed by atoms with van der Waals surface area (Å²) < 4.78 is 22.8. The maximum absolute atomic E-state index is 11.4. The first-order chi connectivity index (χ1) is 9.90. The first-order valence-corrected chi connectivity index (χ1v) is 9.06. The lowest BCUT2D eigenvalue weighted by molar-refractivity contribution is 0.172. The molecule has 1 aliphatic heterocycles. The molecule has 118 valence electrons. The zero-order chi connectivity index (χ0) is 15.5. The molecule has 0 saturated carbocycles. The summed E-state index contributed by atoms with van der Waals surface area (Å²) >= 11 is 0. The van der Waals surface area contributed by atoms with E-state index in [1.807, 2.05) is 6.07 Å². The third kappa shape index (κ3) is 4.43. The molecule has 1 fully saturated rings. The summed E-state index contributed by atoms with van der Waals surface area (Å²) in [6.07, 6.45) is 2.43. The molecule has 2 unspecified atom stereocenters. The maximum atomic E-state index is 11.4. The number of nitrogens with two attached hydrogens (primary N) is 1. The molecule has 1 aromatic rings. The molecule has 1 heterocycles. The van der Waals surface area contributed by atoms with Crippen LogP contribution in [0.15, 0.2) is 29.2 Å². The molecule has 2 atom stereocenters. The zero-order valence-corrected chi connectivity index (χ0v) is 13.6. The molecule has 0 aromatic heterocycles. The summed E-state index contributed by atoms with van der Waals surface area (Å²) in [5.74, 6) is 0.580. The molecule has 6 heteroatoms. The average molecular weight is 311 g/mol. The van der Waals surface area contributed by atoms with Crippen molar-refractivity contribution in [2.24, 2.45) is 11.1 Å². The van der Waals surface area contributed by atoms with Gasteiger partial charge in [0.25, 0.3) is 0 Å². The monoisotopic (exact) mass is 311 g/mol. The second-order valence-corrected chi connectivity index (χ2v) is 7.36. The van der Waals surface area contributed by atoms with Crippen LogP contribution in [-0.2, 0) is 10.0 Å². The minimum Gasteiger partial charge on any atom is -0.382 e. The standard InChI is InChI=1S/C15H25N3O2S/c1-3-18-9-5-6-13(11-18)12(2)17-14-7-4-8-15(10-14)21(16,19)20/h4,7-8,10,12-13,17H,3,5-6,9,11H2,1-2H3,(H2,16,19,20). The molecular weight excluding hydrogens is 286 g/mol. The predicted octanol–water partition coefficient (Wildman–Crippen LogP) is 1.87. The highest BCUT2D eigenvalue weighted by Gasteiger charge is 2.23. The Labute approximate surface area is 127 Å². The van der Waals surface area contributed by atoms with Gasteiger partial charge in [0.15, 0.2) is 0 Å². The van der Waals surface area contributed by atoms with Crippen molar-refractivity contribution in [3.63, 3.8) is 0 Å². The van der Waals surface area contributed by atoms with E-state index >= 15 is 0 Å². The minimum absolute atomic E-state index is 0.151. The van der Waals surface area contributed by atoms with E-state index in [-0.39, 0.29) is 4.90 Å². The first kappa shape index (κ1) is 16.3. The van der Waals surface area contributed by atoms with E-state index < -0.39 is 10.0 Å². The Morgan fingerprint density at radius 1 is 1.48 bits per heavy atom. The number of rotatable bonds is 5. The van der Waals surface area contributed by atoms with E-state index in [2.05, 4.69) is 24.1 Å². The lowest BCUT2D eigenvalue weighted by Gasteiger charge is -2.35. The molecule has 0 radical (unpaired) electrons. The lowest BCUT2D eigenvalue weighted by atomic mass is 9.91. The van der Waals surface area contributed by atoms with Crippen molar-refractivity contribution < 1.29 is 8.42 Å². The highest BCUT2D eigenvalue weighted by atomic mass is 32.2. The summed E-state index contributed by atoms with van der Waals surface area (Å²) in [5.41, 5.74) is 0.808. The van der Waals surface area contributed by atoms with Crippen molar-refractivity contribution in [2.45, 2.75) is 37.6 Å². The van der Waals surface area contributed by atoms with E-state index in [1.165, 1.54) is 25.5 Å². The molecule has 1 saturated heterocycles. The quantitative estimate of drug-likeness (QED) is 0.870. The third-order valence-electron chi connectivity index (χ3n) is 4.25. The highest BCUT2D eigenvalue weighted by molar-refractivity contribution is 7.89. The Morgan fingerprint density at radius 3 is 2.90 bits per heavy atom. The molecule has 0 bridgehead atoms. The van der Waals surface area contributed by atoms with Crippen LogP contribution in [0.3, 0.4) is 0 Å². The van der Waals surface area contributed by atoms with Crippen molar-refractivity contribution in [1.29, 1.82) is 0 Å². The second-order valence-electron chi connectivity index (χ2n) is 5.80. The van der Waals surface area contributed by atoms with Gasteiger partial charge in [0.2, 0.25) is 10.0 Å². The Hall–Kier alpha value is -1.11.